The molecular weight excluding hydrogens is 176 g/mol. The maximum Gasteiger partial charge on any atom is 0.234 e. The van der Waals surface area contributed by atoms with Crippen molar-refractivity contribution >= 4 is 5.82 Å². The van der Waals surface area contributed by atoms with Gasteiger partial charge in [-0.2, -0.15) is 5.26 Å². The molecule has 14 heavy (non-hydrogen) atoms. The van der Waals surface area contributed by atoms with Crippen LogP contribution in [0.15, 0.2) is 24.4 Å². The third kappa shape index (κ3) is 2.87. The van der Waals surface area contributed by atoms with Crippen molar-refractivity contribution in [1.82, 2.24) is 9.97 Å². The fourth-order valence-electron chi connectivity index (χ4n) is 0.852. The van der Waals surface area contributed by atoms with Crippen molar-refractivity contribution in [3.05, 3.63) is 30.2 Å². The van der Waals surface area contributed by atoms with E-state index in [0.29, 0.717) is 12.4 Å². The van der Waals surface area contributed by atoms with Gasteiger partial charge in [0.15, 0.2) is 0 Å². The Balaban J connectivity index is 2.60. The van der Waals surface area contributed by atoms with Crippen LogP contribution in [0.5, 0.6) is 0 Å². The molecule has 1 N–H and O–H groups in total. The van der Waals surface area contributed by atoms with Crippen molar-refractivity contribution in [1.29, 1.82) is 5.26 Å². The van der Waals surface area contributed by atoms with Crippen molar-refractivity contribution in [2.75, 3.05) is 11.9 Å². The Morgan fingerprint density at radius 2 is 2.50 bits per heavy atom. The molecule has 1 aromatic rings. The van der Waals surface area contributed by atoms with Crippen molar-refractivity contribution in [3.8, 4) is 6.07 Å². The molecule has 0 aliphatic carbocycles. The van der Waals surface area contributed by atoms with Crippen molar-refractivity contribution in [2.45, 2.75) is 13.3 Å². The van der Waals surface area contributed by atoms with Gasteiger partial charge >= 0.3 is 0 Å². The molecule has 0 spiro atoms. The zero-order valence-corrected chi connectivity index (χ0v) is 8.12. The highest BCUT2D eigenvalue weighted by atomic mass is 15.0. The van der Waals surface area contributed by atoms with E-state index in [1.54, 1.807) is 12.3 Å². The summed E-state index contributed by atoms with van der Waals surface area (Å²) in [4.78, 5) is 7.74. The van der Waals surface area contributed by atoms with Gasteiger partial charge in [-0.25, -0.2) is 9.97 Å². The smallest absolute Gasteiger partial charge is 0.234 e. The van der Waals surface area contributed by atoms with Gasteiger partial charge in [-0.1, -0.05) is 19.1 Å². The standard InChI is InChI=1S/C10H12N4/c1-3-8(2)7-13-9-4-5-12-10(6-11)14-9/h4-5H,2-3,7H2,1H3,(H,12,13,14). The number of anilines is 1. The normalized spacial score (nSPS) is 9.14. The maximum atomic E-state index is 8.57. The van der Waals surface area contributed by atoms with Gasteiger partial charge in [-0.05, 0) is 12.5 Å². The Labute approximate surface area is 83.3 Å². The van der Waals surface area contributed by atoms with Crippen LogP contribution in [0.3, 0.4) is 0 Å². The van der Waals surface area contributed by atoms with Crippen LogP contribution in [0.2, 0.25) is 0 Å². The average Bonchev–Trinajstić information content (AvgIpc) is 2.26. The van der Waals surface area contributed by atoms with Crippen LogP contribution in [0.4, 0.5) is 5.82 Å². The van der Waals surface area contributed by atoms with Crippen LogP contribution in [0.1, 0.15) is 19.2 Å². The minimum Gasteiger partial charge on any atom is -0.366 e. The van der Waals surface area contributed by atoms with Crippen LogP contribution < -0.4 is 5.32 Å². The molecule has 0 amide bonds. The number of hydrogen-bond acceptors (Lipinski definition) is 4. The molecular formula is C10H12N4. The zero-order chi connectivity index (χ0) is 10.4. The van der Waals surface area contributed by atoms with E-state index in [2.05, 4.69) is 21.9 Å². The van der Waals surface area contributed by atoms with Crippen LogP contribution in [0.25, 0.3) is 0 Å². The van der Waals surface area contributed by atoms with Gasteiger partial charge in [0.1, 0.15) is 11.9 Å². The third-order valence-corrected chi connectivity index (χ3v) is 1.78. The van der Waals surface area contributed by atoms with Crippen molar-refractivity contribution in [3.63, 3.8) is 0 Å². The predicted molar refractivity (Wildman–Crippen MR) is 54.7 cm³/mol. The summed E-state index contributed by atoms with van der Waals surface area (Å²) >= 11 is 0. The minimum atomic E-state index is 0.178. The van der Waals surface area contributed by atoms with E-state index in [1.807, 2.05) is 13.0 Å². The average molecular weight is 188 g/mol. The first kappa shape index (κ1) is 10.2. The molecule has 4 heteroatoms. The lowest BCUT2D eigenvalue weighted by Crippen LogP contribution is -2.06. The predicted octanol–water partition coefficient (Wildman–Crippen LogP) is 1.73. The number of nitriles is 1. The summed E-state index contributed by atoms with van der Waals surface area (Å²) in [6, 6.07) is 3.61. The fraction of sp³-hybridized carbons (Fsp3) is 0.300. The van der Waals surface area contributed by atoms with Crippen LogP contribution in [0, 0.1) is 11.3 Å². The van der Waals surface area contributed by atoms with Crippen LogP contribution in [-0.2, 0) is 0 Å². The SMILES string of the molecule is C=C(CC)CNc1ccnc(C#N)n1. The second kappa shape index (κ2) is 4.97. The molecule has 1 aromatic heterocycles. The fourth-order valence-corrected chi connectivity index (χ4v) is 0.852. The Morgan fingerprint density at radius 1 is 1.71 bits per heavy atom. The largest absolute Gasteiger partial charge is 0.366 e. The van der Waals surface area contributed by atoms with Gasteiger partial charge in [-0.3, -0.25) is 0 Å². The van der Waals surface area contributed by atoms with Gasteiger partial charge in [-0.15, -0.1) is 0 Å². The molecule has 0 saturated heterocycles. The second-order valence-electron chi connectivity index (χ2n) is 2.83. The van der Waals surface area contributed by atoms with E-state index in [0.717, 1.165) is 12.0 Å². The highest BCUT2D eigenvalue weighted by Gasteiger charge is 1.97. The van der Waals surface area contributed by atoms with Crippen LogP contribution >= 0.6 is 0 Å². The number of rotatable bonds is 4. The lowest BCUT2D eigenvalue weighted by molar-refractivity contribution is 1.03. The number of nitrogens with one attached hydrogen (secondary N) is 1. The van der Waals surface area contributed by atoms with E-state index in [9.17, 15) is 0 Å². The zero-order valence-electron chi connectivity index (χ0n) is 8.12. The molecule has 0 bridgehead atoms. The maximum absolute atomic E-state index is 8.57. The van der Waals surface area contributed by atoms with Gasteiger partial charge in [0.2, 0.25) is 5.82 Å². The summed E-state index contributed by atoms with van der Waals surface area (Å²) in [6.45, 7) is 6.59. The molecule has 1 rings (SSSR count). The molecule has 0 fully saturated rings. The second-order valence-corrected chi connectivity index (χ2v) is 2.83. The number of hydrogen-bond donors (Lipinski definition) is 1. The Kier molecular flexibility index (Phi) is 3.62. The Morgan fingerprint density at radius 3 is 3.14 bits per heavy atom. The van der Waals surface area contributed by atoms with E-state index in [4.69, 9.17) is 5.26 Å². The van der Waals surface area contributed by atoms with Crippen molar-refractivity contribution < 1.29 is 0 Å². The summed E-state index contributed by atoms with van der Waals surface area (Å²) in [5.74, 6) is 0.836. The molecule has 0 aliphatic heterocycles. The molecule has 0 aliphatic rings. The molecule has 0 radical (unpaired) electrons. The van der Waals surface area contributed by atoms with E-state index < -0.39 is 0 Å². The Hall–Kier alpha value is -1.89. The summed E-state index contributed by atoms with van der Waals surface area (Å²) in [5, 5.41) is 11.6. The molecule has 0 aromatic carbocycles. The lowest BCUT2D eigenvalue weighted by Gasteiger charge is -2.05. The summed E-state index contributed by atoms with van der Waals surface area (Å²) < 4.78 is 0. The number of aromatic nitrogens is 2. The van der Waals surface area contributed by atoms with Gasteiger partial charge in [0, 0.05) is 12.7 Å². The first-order chi connectivity index (χ1) is 6.76. The first-order valence-electron chi connectivity index (χ1n) is 4.40. The monoisotopic (exact) mass is 188 g/mol. The molecule has 72 valence electrons. The van der Waals surface area contributed by atoms with E-state index in [1.165, 1.54) is 0 Å². The Bertz CT molecular complexity index is 365. The minimum absolute atomic E-state index is 0.178. The highest BCUT2D eigenvalue weighted by Crippen LogP contribution is 2.03. The molecule has 4 nitrogen and oxygen atoms in total. The van der Waals surface area contributed by atoms with Crippen molar-refractivity contribution in [2.24, 2.45) is 0 Å². The molecule has 0 atom stereocenters. The molecule has 0 saturated carbocycles. The summed E-state index contributed by atoms with van der Waals surface area (Å²) in [6.07, 6.45) is 2.49. The van der Waals surface area contributed by atoms with Crippen LogP contribution in [-0.4, -0.2) is 16.5 Å². The summed E-state index contributed by atoms with van der Waals surface area (Å²) in [5.41, 5.74) is 1.10. The lowest BCUT2D eigenvalue weighted by atomic mass is 10.2. The first-order valence-corrected chi connectivity index (χ1v) is 4.40. The van der Waals surface area contributed by atoms with Gasteiger partial charge in [0.25, 0.3) is 0 Å². The summed E-state index contributed by atoms with van der Waals surface area (Å²) in [7, 11) is 0. The third-order valence-electron chi connectivity index (χ3n) is 1.78. The number of nitrogens with zero attached hydrogens (tertiary/aromatic N) is 3. The molecule has 0 unspecified atom stereocenters. The van der Waals surface area contributed by atoms with E-state index >= 15 is 0 Å². The van der Waals surface area contributed by atoms with Gasteiger partial charge < -0.3 is 5.32 Å². The topological polar surface area (TPSA) is 61.6 Å². The van der Waals surface area contributed by atoms with Gasteiger partial charge in [0.05, 0.1) is 0 Å². The highest BCUT2D eigenvalue weighted by molar-refractivity contribution is 5.36. The molecule has 1 heterocycles. The quantitative estimate of drug-likeness (QED) is 0.731. The van der Waals surface area contributed by atoms with E-state index in [-0.39, 0.29) is 5.82 Å².